The Hall–Kier alpha value is -1.60. The predicted molar refractivity (Wildman–Crippen MR) is 70.3 cm³/mol. The molecule has 1 aromatic heterocycles. The molecule has 0 aliphatic heterocycles. The van der Waals surface area contributed by atoms with Crippen LogP contribution in [0.25, 0.3) is 5.69 Å². The largest absolute Gasteiger partial charge is 0.508 e. The molecule has 3 rings (SSSR count). The number of aliphatic hydroxyl groups is 1. The molecular weight excluding hydrogens is 264 g/mol. The quantitative estimate of drug-likeness (QED) is 0.882. The molecule has 1 heterocycles. The van der Waals surface area contributed by atoms with Crippen LogP contribution in [0, 0.1) is 0 Å². The highest BCUT2D eigenvalue weighted by Gasteiger charge is 2.28. The second kappa shape index (κ2) is 5.18. The number of nitrogens with zero attached hydrogens (tertiary/aromatic N) is 4. The average Bonchev–Trinajstić information content (AvgIpc) is 3.01. The molecule has 0 bridgehead atoms. The maximum absolute atomic E-state index is 9.85. The molecule has 0 unspecified atom stereocenters. The van der Waals surface area contributed by atoms with Crippen molar-refractivity contribution in [3.63, 3.8) is 0 Å². The van der Waals surface area contributed by atoms with Gasteiger partial charge in [-0.3, -0.25) is 0 Å². The van der Waals surface area contributed by atoms with Crippen LogP contribution in [0.4, 0.5) is 0 Å². The van der Waals surface area contributed by atoms with Gasteiger partial charge in [-0.05, 0) is 54.0 Å². The van der Waals surface area contributed by atoms with E-state index in [0.29, 0.717) is 5.16 Å². The number of phenols is 1. The van der Waals surface area contributed by atoms with E-state index >= 15 is 0 Å². The number of hydrogen-bond donors (Lipinski definition) is 2. The van der Waals surface area contributed by atoms with Crippen LogP contribution in [-0.4, -0.2) is 41.8 Å². The first-order valence-corrected chi connectivity index (χ1v) is 7.04. The summed E-state index contributed by atoms with van der Waals surface area (Å²) in [5.41, 5.74) is 0.790. The smallest absolute Gasteiger partial charge is 0.214 e. The lowest BCUT2D eigenvalue weighted by molar-refractivity contribution is 0.188. The van der Waals surface area contributed by atoms with E-state index in [1.54, 1.807) is 28.9 Å². The number of rotatable bonds is 3. The van der Waals surface area contributed by atoms with Crippen LogP contribution in [0.15, 0.2) is 29.4 Å². The number of tetrazole rings is 1. The number of benzene rings is 1. The number of phenolic OH excluding ortho intramolecular Hbond substituents is 1. The molecule has 1 fully saturated rings. The molecule has 0 radical (unpaired) electrons. The number of aromatic nitrogens is 4. The Morgan fingerprint density at radius 2 is 2.00 bits per heavy atom. The highest BCUT2D eigenvalue weighted by Crippen LogP contribution is 2.34. The topological polar surface area (TPSA) is 84.1 Å². The van der Waals surface area contributed by atoms with Crippen molar-refractivity contribution < 1.29 is 10.2 Å². The van der Waals surface area contributed by atoms with Gasteiger partial charge in [0.15, 0.2) is 0 Å². The van der Waals surface area contributed by atoms with Crippen molar-refractivity contribution in [3.05, 3.63) is 24.3 Å². The SMILES string of the molecule is Oc1ccc(-n2nnnc2S[C@H]2CCC[C@@H]2O)cc1. The average molecular weight is 278 g/mol. The van der Waals surface area contributed by atoms with Crippen LogP contribution in [-0.2, 0) is 0 Å². The predicted octanol–water partition coefficient (Wildman–Crippen LogP) is 1.37. The van der Waals surface area contributed by atoms with Crippen LogP contribution >= 0.6 is 11.8 Å². The zero-order chi connectivity index (χ0) is 13.2. The van der Waals surface area contributed by atoms with Crippen LogP contribution in [0.3, 0.4) is 0 Å². The molecule has 1 aliphatic carbocycles. The van der Waals surface area contributed by atoms with Gasteiger partial charge < -0.3 is 10.2 Å². The summed E-state index contributed by atoms with van der Waals surface area (Å²) in [4.78, 5) is 0. The van der Waals surface area contributed by atoms with E-state index in [1.807, 2.05) is 0 Å². The first-order valence-electron chi connectivity index (χ1n) is 6.16. The highest BCUT2D eigenvalue weighted by atomic mass is 32.2. The molecule has 2 N–H and O–H groups in total. The fourth-order valence-electron chi connectivity index (χ4n) is 2.19. The minimum atomic E-state index is -0.282. The molecule has 0 amide bonds. The third-order valence-corrected chi connectivity index (χ3v) is 4.53. The first kappa shape index (κ1) is 12.4. The van der Waals surface area contributed by atoms with Gasteiger partial charge in [-0.2, -0.15) is 4.68 Å². The maximum atomic E-state index is 9.85. The van der Waals surface area contributed by atoms with Gasteiger partial charge in [0.25, 0.3) is 0 Å². The Morgan fingerprint density at radius 1 is 1.21 bits per heavy atom. The van der Waals surface area contributed by atoms with Crippen molar-refractivity contribution in [3.8, 4) is 11.4 Å². The molecule has 1 aliphatic rings. The van der Waals surface area contributed by atoms with Crippen molar-refractivity contribution in [2.45, 2.75) is 35.8 Å². The lowest BCUT2D eigenvalue weighted by Gasteiger charge is -2.12. The van der Waals surface area contributed by atoms with E-state index in [2.05, 4.69) is 15.5 Å². The number of thioether (sulfide) groups is 1. The van der Waals surface area contributed by atoms with Gasteiger partial charge in [-0.1, -0.05) is 11.8 Å². The van der Waals surface area contributed by atoms with Crippen molar-refractivity contribution in [1.29, 1.82) is 0 Å². The van der Waals surface area contributed by atoms with Crippen LogP contribution in [0.5, 0.6) is 5.75 Å². The molecule has 2 aromatic rings. The molecule has 1 aromatic carbocycles. The van der Waals surface area contributed by atoms with Gasteiger partial charge in [0.05, 0.1) is 11.8 Å². The van der Waals surface area contributed by atoms with Crippen molar-refractivity contribution in [1.82, 2.24) is 20.2 Å². The van der Waals surface area contributed by atoms with Crippen LogP contribution in [0.2, 0.25) is 0 Å². The summed E-state index contributed by atoms with van der Waals surface area (Å²) >= 11 is 1.51. The van der Waals surface area contributed by atoms with Gasteiger partial charge in [-0.15, -0.1) is 5.10 Å². The Balaban J connectivity index is 1.84. The summed E-state index contributed by atoms with van der Waals surface area (Å²) in [6.07, 6.45) is 2.58. The van der Waals surface area contributed by atoms with E-state index in [0.717, 1.165) is 24.9 Å². The van der Waals surface area contributed by atoms with E-state index in [9.17, 15) is 10.2 Å². The third-order valence-electron chi connectivity index (χ3n) is 3.21. The summed E-state index contributed by atoms with van der Waals surface area (Å²) in [5, 5.41) is 31.6. The molecular formula is C12H14N4O2S. The standard InChI is InChI=1S/C12H14N4O2S/c17-9-6-4-8(5-7-9)16-12(13-14-15-16)19-11-3-1-2-10(11)18/h4-7,10-11,17-18H,1-3H2/t10-,11-/m0/s1. The van der Waals surface area contributed by atoms with E-state index in [-0.39, 0.29) is 17.1 Å². The number of aliphatic hydroxyl groups excluding tert-OH is 1. The minimum Gasteiger partial charge on any atom is -0.508 e. The van der Waals surface area contributed by atoms with Crippen molar-refractivity contribution in [2.24, 2.45) is 0 Å². The zero-order valence-corrected chi connectivity index (χ0v) is 11.0. The van der Waals surface area contributed by atoms with Gasteiger partial charge in [0, 0.05) is 5.25 Å². The zero-order valence-electron chi connectivity index (χ0n) is 10.2. The van der Waals surface area contributed by atoms with Gasteiger partial charge >= 0.3 is 0 Å². The number of aromatic hydroxyl groups is 1. The monoisotopic (exact) mass is 278 g/mol. The fraction of sp³-hybridized carbons (Fsp3) is 0.417. The summed E-state index contributed by atoms with van der Waals surface area (Å²) in [6.45, 7) is 0. The Labute approximate surface area is 114 Å². The Kier molecular flexibility index (Phi) is 3.39. The van der Waals surface area contributed by atoms with Crippen LogP contribution in [0.1, 0.15) is 19.3 Å². The molecule has 6 nitrogen and oxygen atoms in total. The summed E-state index contributed by atoms with van der Waals surface area (Å²) in [7, 11) is 0. The molecule has 100 valence electrons. The molecule has 19 heavy (non-hydrogen) atoms. The molecule has 7 heteroatoms. The fourth-order valence-corrected chi connectivity index (χ4v) is 3.36. The van der Waals surface area contributed by atoms with Crippen molar-refractivity contribution in [2.75, 3.05) is 0 Å². The second-order valence-corrected chi connectivity index (χ2v) is 5.75. The lowest BCUT2D eigenvalue weighted by atomic mass is 10.3. The lowest BCUT2D eigenvalue weighted by Crippen LogP contribution is -2.16. The maximum Gasteiger partial charge on any atom is 0.214 e. The van der Waals surface area contributed by atoms with E-state index < -0.39 is 0 Å². The minimum absolute atomic E-state index is 0.155. The molecule has 0 spiro atoms. The molecule has 1 saturated carbocycles. The normalized spacial score (nSPS) is 22.8. The van der Waals surface area contributed by atoms with Gasteiger partial charge in [-0.25, -0.2) is 0 Å². The Morgan fingerprint density at radius 3 is 2.68 bits per heavy atom. The van der Waals surface area contributed by atoms with Gasteiger partial charge in [0.2, 0.25) is 5.16 Å². The number of hydrogen-bond acceptors (Lipinski definition) is 6. The van der Waals surface area contributed by atoms with Crippen LogP contribution < -0.4 is 0 Å². The summed E-state index contributed by atoms with van der Waals surface area (Å²) < 4.78 is 1.62. The van der Waals surface area contributed by atoms with Gasteiger partial charge in [0.1, 0.15) is 5.75 Å². The van der Waals surface area contributed by atoms with Crippen molar-refractivity contribution >= 4 is 11.8 Å². The summed E-state index contributed by atoms with van der Waals surface area (Å²) in [5.74, 6) is 0.206. The Bertz CT molecular complexity index is 557. The molecule has 2 atom stereocenters. The highest BCUT2D eigenvalue weighted by molar-refractivity contribution is 7.99. The third kappa shape index (κ3) is 2.57. The summed E-state index contributed by atoms with van der Waals surface area (Å²) in [6, 6.07) is 6.69. The first-order chi connectivity index (χ1) is 9.24. The van der Waals surface area contributed by atoms with E-state index in [4.69, 9.17) is 0 Å². The molecule has 0 saturated heterocycles. The van der Waals surface area contributed by atoms with E-state index in [1.165, 1.54) is 11.8 Å². The second-order valence-electron chi connectivity index (χ2n) is 4.54.